The van der Waals surface area contributed by atoms with Crippen LogP contribution in [-0.2, 0) is 0 Å². The Morgan fingerprint density at radius 3 is 2.97 bits per heavy atom. The summed E-state index contributed by atoms with van der Waals surface area (Å²) in [5.74, 6) is 1.48. The highest BCUT2D eigenvalue weighted by Crippen LogP contribution is 2.39. The Balaban J connectivity index is 1.38. The number of nitrogens with zero attached hydrogens (tertiary/aromatic N) is 3. The lowest BCUT2D eigenvalue weighted by Crippen LogP contribution is -2.46. The van der Waals surface area contributed by atoms with Gasteiger partial charge in [-0.3, -0.25) is 10.4 Å². The van der Waals surface area contributed by atoms with Gasteiger partial charge in [-0.15, -0.1) is 0 Å². The molecule has 3 aliphatic heterocycles. The number of pyridine rings is 2. The van der Waals surface area contributed by atoms with E-state index in [0.717, 1.165) is 54.9 Å². The molecular formula is C21H28BrN7. The number of nitrogens with one attached hydrogen (secondary N) is 3. The summed E-state index contributed by atoms with van der Waals surface area (Å²) in [7, 11) is 0. The zero-order valence-electron chi connectivity index (χ0n) is 16.4. The fourth-order valence-corrected chi connectivity index (χ4v) is 5.41. The minimum Gasteiger partial charge on any atom is -0.354 e. The first kappa shape index (κ1) is 19.4. The summed E-state index contributed by atoms with van der Waals surface area (Å²) < 4.78 is 1.04. The zero-order valence-corrected chi connectivity index (χ0v) is 18.0. The summed E-state index contributed by atoms with van der Waals surface area (Å²) in [4.78, 5) is 11.7. The number of halogens is 1. The molecule has 3 fully saturated rings. The molecule has 3 aliphatic rings. The van der Waals surface area contributed by atoms with Gasteiger partial charge in [-0.25, -0.2) is 10.4 Å². The molecule has 0 saturated carbocycles. The van der Waals surface area contributed by atoms with Gasteiger partial charge >= 0.3 is 0 Å². The molecule has 4 unspecified atom stereocenters. The highest BCUT2D eigenvalue weighted by molar-refractivity contribution is 9.10. The molecule has 2 aromatic rings. The van der Waals surface area contributed by atoms with Crippen molar-refractivity contribution in [3.05, 3.63) is 52.4 Å². The van der Waals surface area contributed by atoms with Crippen LogP contribution in [0.15, 0.2) is 41.1 Å². The third-order valence-corrected chi connectivity index (χ3v) is 7.09. The molecule has 7 nitrogen and oxygen atoms in total. The number of rotatable bonds is 3. The zero-order chi connectivity index (χ0) is 19.8. The van der Waals surface area contributed by atoms with E-state index >= 15 is 0 Å². The van der Waals surface area contributed by atoms with E-state index in [1.165, 1.54) is 5.56 Å². The van der Waals surface area contributed by atoms with E-state index in [0.29, 0.717) is 18.0 Å². The van der Waals surface area contributed by atoms with E-state index in [2.05, 4.69) is 60.2 Å². The molecule has 154 valence electrons. The number of hydrogen-bond acceptors (Lipinski definition) is 7. The Hall–Kier alpha value is -1.58. The summed E-state index contributed by atoms with van der Waals surface area (Å²) in [5.41, 5.74) is 15.6. The van der Waals surface area contributed by atoms with Gasteiger partial charge in [0.25, 0.3) is 0 Å². The number of nitrogens with two attached hydrogens (primary N) is 1. The van der Waals surface area contributed by atoms with Crippen molar-refractivity contribution in [1.82, 2.24) is 26.1 Å². The molecule has 0 spiro atoms. The Kier molecular flexibility index (Phi) is 5.53. The van der Waals surface area contributed by atoms with E-state index in [4.69, 9.17) is 10.7 Å². The van der Waals surface area contributed by atoms with Crippen LogP contribution in [0.1, 0.15) is 42.6 Å². The standard InChI is InChI=1S/C21H28BrN7/c22-16-5-6-17(26-21(16)29-8-2-4-14(23)12-29)20-15-9-18(13-3-1-7-24-10-13)25-11-19(15)27-28-20/h1,3,5-7,10,14-15,18-20,25,27-28H,2,4,8-9,11-12,23H2/t14-,15?,18?,19?,20?/m1/s1. The SMILES string of the molecule is N[C@@H]1CCCN(c2nc(C3NNC4CNC(c5cccnc5)CC43)ccc2Br)C1. The molecule has 2 aromatic heterocycles. The van der Waals surface area contributed by atoms with Gasteiger partial charge < -0.3 is 16.0 Å². The van der Waals surface area contributed by atoms with Crippen LogP contribution in [0.2, 0.25) is 0 Å². The van der Waals surface area contributed by atoms with Gasteiger partial charge in [0.1, 0.15) is 5.82 Å². The molecule has 5 rings (SSSR count). The summed E-state index contributed by atoms with van der Waals surface area (Å²) in [6, 6.07) is 9.57. The number of aromatic nitrogens is 2. The largest absolute Gasteiger partial charge is 0.354 e. The van der Waals surface area contributed by atoms with Crippen molar-refractivity contribution in [3.8, 4) is 0 Å². The number of piperidine rings is 2. The van der Waals surface area contributed by atoms with Crippen LogP contribution >= 0.6 is 15.9 Å². The van der Waals surface area contributed by atoms with Gasteiger partial charge in [-0.05, 0) is 59.0 Å². The van der Waals surface area contributed by atoms with Gasteiger partial charge in [0.05, 0.1) is 16.2 Å². The summed E-state index contributed by atoms with van der Waals surface area (Å²) in [6.07, 6.45) is 7.05. The van der Waals surface area contributed by atoms with Gasteiger partial charge in [-0.2, -0.15) is 0 Å². The lowest BCUT2D eigenvalue weighted by Gasteiger charge is -2.35. The van der Waals surface area contributed by atoms with Crippen molar-refractivity contribution >= 4 is 21.7 Å². The van der Waals surface area contributed by atoms with Crippen LogP contribution < -0.4 is 26.8 Å². The molecule has 29 heavy (non-hydrogen) atoms. The van der Waals surface area contributed by atoms with Crippen molar-refractivity contribution in [3.63, 3.8) is 0 Å². The lowest BCUT2D eigenvalue weighted by atomic mass is 9.81. The number of hydrazine groups is 1. The van der Waals surface area contributed by atoms with Gasteiger partial charge in [0.15, 0.2) is 0 Å². The predicted octanol–water partition coefficient (Wildman–Crippen LogP) is 2.03. The van der Waals surface area contributed by atoms with E-state index in [-0.39, 0.29) is 12.1 Å². The molecule has 3 saturated heterocycles. The quantitative estimate of drug-likeness (QED) is 0.560. The minimum atomic E-state index is 0.187. The number of anilines is 1. The second-order valence-electron chi connectivity index (χ2n) is 8.41. The maximum atomic E-state index is 6.21. The van der Waals surface area contributed by atoms with Crippen LogP contribution in [0.3, 0.4) is 0 Å². The van der Waals surface area contributed by atoms with Crippen molar-refractivity contribution in [1.29, 1.82) is 0 Å². The molecular weight excluding hydrogens is 430 g/mol. The summed E-state index contributed by atoms with van der Waals surface area (Å²) in [5, 5.41) is 3.66. The second kappa shape index (κ2) is 8.28. The smallest absolute Gasteiger partial charge is 0.143 e. The van der Waals surface area contributed by atoms with Crippen LogP contribution in [0.25, 0.3) is 0 Å². The molecule has 5 heterocycles. The third-order valence-electron chi connectivity index (χ3n) is 6.47. The maximum absolute atomic E-state index is 6.21. The molecule has 0 aromatic carbocycles. The van der Waals surface area contributed by atoms with Crippen LogP contribution in [0, 0.1) is 5.92 Å². The fraction of sp³-hybridized carbons (Fsp3) is 0.524. The van der Waals surface area contributed by atoms with Crippen molar-refractivity contribution < 1.29 is 0 Å². The van der Waals surface area contributed by atoms with Crippen molar-refractivity contribution in [2.24, 2.45) is 11.7 Å². The highest BCUT2D eigenvalue weighted by atomic mass is 79.9. The van der Waals surface area contributed by atoms with E-state index < -0.39 is 0 Å². The second-order valence-corrected chi connectivity index (χ2v) is 9.26. The Morgan fingerprint density at radius 1 is 1.21 bits per heavy atom. The number of hydrogen-bond donors (Lipinski definition) is 4. The van der Waals surface area contributed by atoms with E-state index in [9.17, 15) is 0 Å². The molecule has 0 radical (unpaired) electrons. The Morgan fingerprint density at radius 2 is 2.14 bits per heavy atom. The molecule has 5 N–H and O–H groups in total. The Bertz CT molecular complexity index is 848. The van der Waals surface area contributed by atoms with Gasteiger partial charge in [0, 0.05) is 56.1 Å². The van der Waals surface area contributed by atoms with Crippen molar-refractivity contribution in [2.75, 3.05) is 24.5 Å². The topological polar surface area (TPSA) is 91.1 Å². The van der Waals surface area contributed by atoms with Crippen LogP contribution in [0.5, 0.6) is 0 Å². The molecule has 8 heteroatoms. The molecule has 0 amide bonds. The average Bonchev–Trinajstić information content (AvgIpc) is 3.18. The van der Waals surface area contributed by atoms with Crippen LogP contribution in [0.4, 0.5) is 5.82 Å². The average molecular weight is 458 g/mol. The summed E-state index contributed by atoms with van der Waals surface area (Å²) >= 11 is 3.71. The first-order chi connectivity index (χ1) is 14.2. The first-order valence-electron chi connectivity index (χ1n) is 10.5. The summed E-state index contributed by atoms with van der Waals surface area (Å²) in [6.45, 7) is 2.81. The normalized spacial score (nSPS) is 32.2. The van der Waals surface area contributed by atoms with Gasteiger partial charge in [0.2, 0.25) is 0 Å². The maximum Gasteiger partial charge on any atom is 0.143 e. The van der Waals surface area contributed by atoms with Crippen molar-refractivity contribution in [2.45, 2.75) is 43.4 Å². The molecule has 5 atom stereocenters. The monoisotopic (exact) mass is 457 g/mol. The Labute approximate surface area is 180 Å². The van der Waals surface area contributed by atoms with E-state index in [1.807, 2.05) is 18.5 Å². The lowest BCUT2D eigenvalue weighted by molar-refractivity contribution is 0.265. The third kappa shape index (κ3) is 3.92. The van der Waals surface area contributed by atoms with E-state index in [1.54, 1.807) is 0 Å². The minimum absolute atomic E-state index is 0.187. The van der Waals surface area contributed by atoms with Crippen LogP contribution in [-0.4, -0.2) is 41.7 Å². The fourth-order valence-electron chi connectivity index (χ4n) is 4.94. The molecule has 0 bridgehead atoms. The van der Waals surface area contributed by atoms with Gasteiger partial charge in [-0.1, -0.05) is 6.07 Å². The predicted molar refractivity (Wildman–Crippen MR) is 117 cm³/mol. The highest BCUT2D eigenvalue weighted by Gasteiger charge is 2.42. The number of fused-ring (bicyclic) bond motifs is 1. The molecule has 0 aliphatic carbocycles. The first-order valence-corrected chi connectivity index (χ1v) is 11.3.